The van der Waals surface area contributed by atoms with Gasteiger partial charge in [0.15, 0.2) is 5.82 Å². The predicted octanol–water partition coefficient (Wildman–Crippen LogP) is 0.316. The van der Waals surface area contributed by atoms with Crippen molar-refractivity contribution in [3.05, 3.63) is 46.5 Å². The summed E-state index contributed by atoms with van der Waals surface area (Å²) in [5, 5.41) is 18.8. The number of hydrogen-bond acceptors (Lipinski definition) is 6. The summed E-state index contributed by atoms with van der Waals surface area (Å²) in [6.45, 7) is 0. The van der Waals surface area contributed by atoms with Gasteiger partial charge in [-0.1, -0.05) is 12.1 Å². The van der Waals surface area contributed by atoms with Crippen molar-refractivity contribution in [1.82, 2.24) is 15.2 Å². The van der Waals surface area contributed by atoms with Gasteiger partial charge in [0.05, 0.1) is 12.4 Å². The molecule has 86 valence electrons. The van der Waals surface area contributed by atoms with Gasteiger partial charge in [0.25, 0.3) is 0 Å². The van der Waals surface area contributed by atoms with Crippen LogP contribution in [0.3, 0.4) is 0 Å². The lowest BCUT2D eigenvalue weighted by atomic mass is 10.2. The molecule has 2 aromatic rings. The zero-order valence-electron chi connectivity index (χ0n) is 8.66. The maximum Gasteiger partial charge on any atom is 0.363 e. The van der Waals surface area contributed by atoms with Crippen molar-refractivity contribution in [2.75, 3.05) is 5.43 Å². The van der Waals surface area contributed by atoms with E-state index in [4.69, 9.17) is 0 Å². The molecular weight excluding hydrogens is 222 g/mol. The van der Waals surface area contributed by atoms with Crippen molar-refractivity contribution >= 4 is 12.0 Å². The Morgan fingerprint density at radius 1 is 1.47 bits per heavy atom. The van der Waals surface area contributed by atoms with Gasteiger partial charge in [-0.25, -0.2) is 9.89 Å². The average molecular weight is 231 g/mol. The van der Waals surface area contributed by atoms with Crippen LogP contribution < -0.4 is 11.1 Å². The van der Waals surface area contributed by atoms with E-state index >= 15 is 0 Å². The van der Waals surface area contributed by atoms with Crippen LogP contribution in [0.2, 0.25) is 0 Å². The van der Waals surface area contributed by atoms with Crippen LogP contribution in [-0.4, -0.2) is 26.5 Å². The lowest BCUT2D eigenvalue weighted by Gasteiger charge is -1.97. The van der Waals surface area contributed by atoms with Crippen LogP contribution in [-0.2, 0) is 0 Å². The van der Waals surface area contributed by atoms with Crippen molar-refractivity contribution in [2.45, 2.75) is 0 Å². The molecule has 0 aliphatic carbocycles. The second-order valence-corrected chi connectivity index (χ2v) is 3.14. The van der Waals surface area contributed by atoms with Gasteiger partial charge in [-0.3, -0.25) is 5.43 Å². The number of rotatable bonds is 3. The van der Waals surface area contributed by atoms with Gasteiger partial charge in [0.2, 0.25) is 0 Å². The van der Waals surface area contributed by atoms with E-state index in [1.165, 1.54) is 12.4 Å². The normalized spacial score (nSPS) is 10.6. The smallest absolute Gasteiger partial charge is 0.363 e. The van der Waals surface area contributed by atoms with Crippen LogP contribution in [0, 0.1) is 0 Å². The summed E-state index contributed by atoms with van der Waals surface area (Å²) in [6.07, 6.45) is 2.82. The third-order valence-electron chi connectivity index (χ3n) is 1.83. The average Bonchev–Trinajstić information content (AvgIpc) is 2.29. The number of benzene rings is 1. The van der Waals surface area contributed by atoms with E-state index in [9.17, 15) is 9.90 Å². The van der Waals surface area contributed by atoms with E-state index in [0.29, 0.717) is 0 Å². The third-order valence-corrected chi connectivity index (χ3v) is 1.83. The Bertz CT molecular complexity index is 593. The van der Waals surface area contributed by atoms with Crippen molar-refractivity contribution < 1.29 is 5.11 Å². The molecule has 0 unspecified atom stereocenters. The van der Waals surface area contributed by atoms with Gasteiger partial charge in [0, 0.05) is 0 Å². The van der Waals surface area contributed by atoms with Gasteiger partial charge in [0.1, 0.15) is 5.75 Å². The zero-order chi connectivity index (χ0) is 12.1. The summed E-state index contributed by atoms with van der Waals surface area (Å²) >= 11 is 0. The van der Waals surface area contributed by atoms with Crippen LogP contribution >= 0.6 is 0 Å². The summed E-state index contributed by atoms with van der Waals surface area (Å²) in [6, 6.07) is 6.58. The van der Waals surface area contributed by atoms with Crippen molar-refractivity contribution in [3.63, 3.8) is 0 Å². The number of nitrogens with one attached hydrogen (secondary N) is 2. The highest BCUT2D eigenvalue weighted by atomic mass is 16.3. The number of phenolic OH excluding ortho intramolecular Hbond substituents is 1. The zero-order valence-corrected chi connectivity index (χ0v) is 8.66. The van der Waals surface area contributed by atoms with E-state index in [2.05, 4.69) is 25.7 Å². The standard InChI is InChI=1S/C10H9N5O2/c16-8-3-1-2-7(4-8)5-11-14-9-6-12-15-10(17)13-9/h1-6,16H,(H2,13,14,15,17)/b11-5+. The molecule has 7 nitrogen and oxygen atoms in total. The molecule has 7 heteroatoms. The monoisotopic (exact) mass is 231 g/mol. The van der Waals surface area contributed by atoms with E-state index < -0.39 is 5.69 Å². The Hall–Kier alpha value is -2.70. The Kier molecular flexibility index (Phi) is 3.10. The first-order chi connectivity index (χ1) is 8.24. The highest BCUT2D eigenvalue weighted by Crippen LogP contribution is 2.08. The fourth-order valence-electron chi connectivity index (χ4n) is 1.14. The van der Waals surface area contributed by atoms with Gasteiger partial charge in [-0.2, -0.15) is 15.2 Å². The molecule has 1 heterocycles. The Balaban J connectivity index is 2.05. The van der Waals surface area contributed by atoms with Crippen molar-refractivity contribution in [2.24, 2.45) is 5.10 Å². The SMILES string of the molecule is O=c1nc(N/N=C/c2cccc(O)c2)cn[nH]1. The Morgan fingerprint density at radius 2 is 2.35 bits per heavy atom. The molecule has 2 rings (SSSR count). The molecule has 1 aromatic heterocycles. The fraction of sp³-hybridized carbons (Fsp3) is 0. The van der Waals surface area contributed by atoms with Gasteiger partial charge >= 0.3 is 5.69 Å². The first kappa shape index (κ1) is 10.8. The lowest BCUT2D eigenvalue weighted by Crippen LogP contribution is -2.13. The van der Waals surface area contributed by atoms with Crippen LogP contribution in [0.4, 0.5) is 5.82 Å². The van der Waals surface area contributed by atoms with Crippen LogP contribution in [0.5, 0.6) is 5.75 Å². The summed E-state index contributed by atoms with van der Waals surface area (Å²) in [4.78, 5) is 14.4. The number of H-pyrrole nitrogens is 1. The second kappa shape index (κ2) is 4.88. The van der Waals surface area contributed by atoms with Crippen molar-refractivity contribution in [3.8, 4) is 5.75 Å². The molecular formula is C10H9N5O2. The van der Waals surface area contributed by atoms with Crippen LogP contribution in [0.1, 0.15) is 5.56 Å². The van der Waals surface area contributed by atoms with Gasteiger partial charge in [-0.05, 0) is 17.7 Å². The third kappa shape index (κ3) is 3.13. The van der Waals surface area contributed by atoms with Crippen LogP contribution in [0.15, 0.2) is 40.4 Å². The lowest BCUT2D eigenvalue weighted by molar-refractivity contribution is 0.475. The number of hydrogen-bond donors (Lipinski definition) is 3. The van der Waals surface area contributed by atoms with Crippen molar-refractivity contribution in [1.29, 1.82) is 0 Å². The van der Waals surface area contributed by atoms with Crippen LogP contribution in [0.25, 0.3) is 0 Å². The number of aromatic nitrogens is 3. The quantitative estimate of drug-likeness (QED) is 0.521. The number of nitrogens with zero attached hydrogens (tertiary/aromatic N) is 3. The largest absolute Gasteiger partial charge is 0.508 e. The summed E-state index contributed by atoms with van der Waals surface area (Å²) < 4.78 is 0. The maximum absolute atomic E-state index is 10.8. The molecule has 3 N–H and O–H groups in total. The minimum atomic E-state index is -0.553. The molecule has 0 radical (unpaired) electrons. The van der Waals surface area contributed by atoms with Gasteiger partial charge in [-0.15, -0.1) is 0 Å². The van der Waals surface area contributed by atoms with Gasteiger partial charge < -0.3 is 5.11 Å². The predicted molar refractivity (Wildman–Crippen MR) is 62.0 cm³/mol. The molecule has 17 heavy (non-hydrogen) atoms. The molecule has 0 fully saturated rings. The molecule has 0 aliphatic heterocycles. The number of phenols is 1. The number of hydrazone groups is 1. The second-order valence-electron chi connectivity index (χ2n) is 3.14. The number of anilines is 1. The fourth-order valence-corrected chi connectivity index (χ4v) is 1.14. The summed E-state index contributed by atoms with van der Waals surface area (Å²) in [5.41, 5.74) is 2.71. The van der Waals surface area contributed by atoms with E-state index in [-0.39, 0.29) is 11.6 Å². The number of aromatic hydroxyl groups is 1. The maximum atomic E-state index is 10.8. The topological polar surface area (TPSA) is 103 Å². The molecule has 0 atom stereocenters. The highest BCUT2D eigenvalue weighted by Gasteiger charge is 1.93. The summed E-state index contributed by atoms with van der Waals surface area (Å²) in [5.74, 6) is 0.398. The van der Waals surface area contributed by atoms with E-state index in [1.54, 1.807) is 24.3 Å². The Morgan fingerprint density at radius 3 is 3.12 bits per heavy atom. The number of aromatic amines is 1. The Labute approximate surface area is 95.9 Å². The minimum Gasteiger partial charge on any atom is -0.508 e. The molecule has 0 amide bonds. The molecule has 0 saturated carbocycles. The first-order valence-corrected chi connectivity index (χ1v) is 4.74. The first-order valence-electron chi connectivity index (χ1n) is 4.74. The summed E-state index contributed by atoms with van der Waals surface area (Å²) in [7, 11) is 0. The van der Waals surface area contributed by atoms with E-state index in [0.717, 1.165) is 5.56 Å². The molecule has 0 saturated heterocycles. The van der Waals surface area contributed by atoms with E-state index in [1.807, 2.05) is 0 Å². The molecule has 0 aliphatic rings. The highest BCUT2D eigenvalue weighted by molar-refractivity contribution is 5.80. The minimum absolute atomic E-state index is 0.157. The molecule has 0 spiro atoms. The molecule has 1 aromatic carbocycles. The molecule has 0 bridgehead atoms.